The molecule has 1 aromatic heterocycles. The fraction of sp³-hybridized carbons (Fsp3) is 0.438. The van der Waals surface area contributed by atoms with E-state index in [2.05, 4.69) is 52.6 Å². The van der Waals surface area contributed by atoms with Crippen molar-refractivity contribution in [2.45, 2.75) is 25.9 Å². The van der Waals surface area contributed by atoms with E-state index in [1.165, 1.54) is 17.4 Å². The zero-order valence-corrected chi connectivity index (χ0v) is 11.7. The monoisotopic (exact) mass is 255 g/mol. The van der Waals surface area contributed by atoms with Crippen molar-refractivity contribution in [1.29, 1.82) is 0 Å². The van der Waals surface area contributed by atoms with Crippen LogP contribution < -0.4 is 5.32 Å². The Hall–Kier alpha value is -1.45. The lowest BCUT2D eigenvalue weighted by Gasteiger charge is -2.23. The molecule has 100 valence electrons. The summed E-state index contributed by atoms with van der Waals surface area (Å²) in [6, 6.07) is 11.5. The topological polar surface area (TPSA) is 28.2 Å². The second-order valence-electron chi connectivity index (χ2n) is 5.54. The number of pyridine rings is 1. The van der Waals surface area contributed by atoms with Crippen LogP contribution in [0.3, 0.4) is 0 Å². The summed E-state index contributed by atoms with van der Waals surface area (Å²) in [5.74, 6) is 0. The maximum absolute atomic E-state index is 4.55. The highest BCUT2D eigenvalue weighted by Crippen LogP contribution is 2.17. The summed E-state index contributed by atoms with van der Waals surface area (Å²) in [5, 5.41) is 4.66. The molecule has 1 aromatic carbocycles. The Morgan fingerprint density at radius 2 is 2.21 bits per heavy atom. The summed E-state index contributed by atoms with van der Waals surface area (Å²) in [7, 11) is 2.22. The van der Waals surface area contributed by atoms with Crippen LogP contribution in [0.5, 0.6) is 0 Å². The molecule has 0 amide bonds. The van der Waals surface area contributed by atoms with Gasteiger partial charge in [-0.3, -0.25) is 9.88 Å². The first-order valence-corrected chi connectivity index (χ1v) is 6.99. The number of benzene rings is 1. The largest absolute Gasteiger partial charge is 0.315 e. The van der Waals surface area contributed by atoms with Crippen molar-refractivity contribution in [2.24, 2.45) is 0 Å². The van der Waals surface area contributed by atoms with Gasteiger partial charge in [0.1, 0.15) is 0 Å². The Bertz CT molecular complexity index is 573. The van der Waals surface area contributed by atoms with Crippen LogP contribution in [0, 0.1) is 6.92 Å². The molecule has 3 heteroatoms. The van der Waals surface area contributed by atoms with Crippen LogP contribution >= 0.6 is 0 Å². The average Bonchev–Trinajstić information content (AvgIpc) is 2.93. The summed E-state index contributed by atoms with van der Waals surface area (Å²) in [5.41, 5.74) is 3.54. The number of rotatable bonds is 3. The fourth-order valence-corrected chi connectivity index (χ4v) is 2.81. The van der Waals surface area contributed by atoms with Gasteiger partial charge in [-0.25, -0.2) is 0 Å². The van der Waals surface area contributed by atoms with E-state index in [0.29, 0.717) is 6.04 Å². The van der Waals surface area contributed by atoms with Crippen molar-refractivity contribution in [3.63, 3.8) is 0 Å². The molecule has 1 saturated heterocycles. The number of aromatic nitrogens is 1. The summed E-state index contributed by atoms with van der Waals surface area (Å²) >= 11 is 0. The van der Waals surface area contributed by atoms with Gasteiger partial charge in [0.25, 0.3) is 0 Å². The predicted molar refractivity (Wildman–Crippen MR) is 79.2 cm³/mol. The van der Waals surface area contributed by atoms with Gasteiger partial charge in [0.05, 0.1) is 5.52 Å². The number of hydrogen-bond acceptors (Lipinski definition) is 3. The summed E-state index contributed by atoms with van der Waals surface area (Å²) in [6.07, 6.45) is 1.25. The van der Waals surface area contributed by atoms with Crippen molar-refractivity contribution in [3.05, 3.63) is 41.6 Å². The maximum Gasteiger partial charge on any atom is 0.0705 e. The van der Waals surface area contributed by atoms with E-state index in [0.717, 1.165) is 30.8 Å². The van der Waals surface area contributed by atoms with Crippen LogP contribution in [-0.4, -0.2) is 36.1 Å². The highest BCUT2D eigenvalue weighted by molar-refractivity contribution is 5.79. The number of nitrogens with one attached hydrogen (secondary N) is 1. The van der Waals surface area contributed by atoms with E-state index in [4.69, 9.17) is 0 Å². The fourth-order valence-electron chi connectivity index (χ4n) is 2.81. The number of fused-ring (bicyclic) bond motifs is 1. The first-order valence-electron chi connectivity index (χ1n) is 6.99. The third-order valence-electron chi connectivity index (χ3n) is 3.98. The smallest absolute Gasteiger partial charge is 0.0705 e. The first kappa shape index (κ1) is 12.6. The third-order valence-corrected chi connectivity index (χ3v) is 3.98. The van der Waals surface area contributed by atoms with E-state index in [-0.39, 0.29) is 0 Å². The third kappa shape index (κ3) is 2.77. The van der Waals surface area contributed by atoms with Gasteiger partial charge >= 0.3 is 0 Å². The van der Waals surface area contributed by atoms with E-state index in [9.17, 15) is 0 Å². The van der Waals surface area contributed by atoms with Crippen LogP contribution in [0.15, 0.2) is 30.3 Å². The lowest BCUT2D eigenvalue weighted by Crippen LogP contribution is -2.32. The molecule has 1 unspecified atom stereocenters. The van der Waals surface area contributed by atoms with Gasteiger partial charge in [-0.15, -0.1) is 0 Å². The molecule has 3 nitrogen and oxygen atoms in total. The number of nitrogens with zero attached hydrogens (tertiary/aromatic N) is 2. The number of likely N-dealkylation sites (N-methyl/N-ethyl adjacent to an activating group) is 1. The van der Waals surface area contributed by atoms with E-state index < -0.39 is 0 Å². The molecule has 0 bridgehead atoms. The normalized spacial score (nSPS) is 19.4. The minimum atomic E-state index is 0.673. The van der Waals surface area contributed by atoms with Crippen LogP contribution in [0.1, 0.15) is 17.7 Å². The minimum Gasteiger partial charge on any atom is -0.315 e. The van der Waals surface area contributed by atoms with Crippen LogP contribution in [0.2, 0.25) is 0 Å². The molecule has 1 aliphatic heterocycles. The molecule has 1 aliphatic rings. The Kier molecular flexibility index (Phi) is 3.49. The number of aryl methyl sites for hydroxylation is 1. The molecule has 2 heterocycles. The second-order valence-corrected chi connectivity index (χ2v) is 5.54. The molecular formula is C16H21N3. The number of hydrogen-bond donors (Lipinski definition) is 1. The van der Waals surface area contributed by atoms with Crippen LogP contribution in [0.25, 0.3) is 10.9 Å². The first-order chi connectivity index (χ1) is 9.22. The predicted octanol–water partition coefficient (Wildman–Crippen LogP) is 2.34. The Labute approximate surface area is 114 Å². The quantitative estimate of drug-likeness (QED) is 0.912. The Morgan fingerprint density at radius 3 is 3.00 bits per heavy atom. The molecule has 2 aromatic rings. The SMILES string of the molecule is Cc1ccc2cc(CN(C)C3CCNC3)ccc2n1. The Morgan fingerprint density at radius 1 is 1.32 bits per heavy atom. The lowest BCUT2D eigenvalue weighted by atomic mass is 10.1. The standard InChI is InChI=1S/C16H21N3/c1-12-3-5-14-9-13(4-6-16(14)18-12)11-19(2)15-7-8-17-10-15/h3-6,9,15,17H,7-8,10-11H2,1-2H3. The van der Waals surface area contributed by atoms with Crippen molar-refractivity contribution in [3.8, 4) is 0 Å². The van der Waals surface area contributed by atoms with E-state index in [1.807, 2.05) is 6.92 Å². The zero-order valence-electron chi connectivity index (χ0n) is 11.7. The summed E-state index contributed by atoms with van der Waals surface area (Å²) in [4.78, 5) is 7.00. The van der Waals surface area contributed by atoms with Gasteiger partial charge in [-0.05, 0) is 50.7 Å². The summed E-state index contributed by atoms with van der Waals surface area (Å²) in [6.45, 7) is 5.31. The zero-order chi connectivity index (χ0) is 13.2. The molecule has 0 saturated carbocycles. The van der Waals surface area contributed by atoms with Crippen molar-refractivity contribution < 1.29 is 0 Å². The summed E-state index contributed by atoms with van der Waals surface area (Å²) < 4.78 is 0. The minimum absolute atomic E-state index is 0.673. The van der Waals surface area contributed by atoms with Gasteiger partial charge < -0.3 is 5.32 Å². The molecule has 19 heavy (non-hydrogen) atoms. The highest BCUT2D eigenvalue weighted by atomic mass is 15.2. The maximum atomic E-state index is 4.55. The molecule has 1 atom stereocenters. The average molecular weight is 255 g/mol. The van der Waals surface area contributed by atoms with E-state index >= 15 is 0 Å². The molecule has 1 N–H and O–H groups in total. The molecule has 1 fully saturated rings. The van der Waals surface area contributed by atoms with Gasteiger partial charge in [0.15, 0.2) is 0 Å². The molecular weight excluding hydrogens is 234 g/mol. The molecule has 0 aliphatic carbocycles. The van der Waals surface area contributed by atoms with Crippen molar-refractivity contribution in [1.82, 2.24) is 15.2 Å². The van der Waals surface area contributed by atoms with Gasteiger partial charge in [0, 0.05) is 30.2 Å². The lowest BCUT2D eigenvalue weighted by molar-refractivity contribution is 0.249. The van der Waals surface area contributed by atoms with Gasteiger partial charge in [-0.1, -0.05) is 12.1 Å². The highest BCUT2D eigenvalue weighted by Gasteiger charge is 2.18. The molecule has 0 radical (unpaired) electrons. The van der Waals surface area contributed by atoms with Crippen molar-refractivity contribution >= 4 is 10.9 Å². The molecule has 3 rings (SSSR count). The van der Waals surface area contributed by atoms with Crippen LogP contribution in [0.4, 0.5) is 0 Å². The van der Waals surface area contributed by atoms with Crippen LogP contribution in [-0.2, 0) is 6.54 Å². The molecule has 0 spiro atoms. The second kappa shape index (κ2) is 5.27. The van der Waals surface area contributed by atoms with Gasteiger partial charge in [-0.2, -0.15) is 0 Å². The van der Waals surface area contributed by atoms with E-state index in [1.54, 1.807) is 0 Å². The Balaban J connectivity index is 1.79. The van der Waals surface area contributed by atoms with Gasteiger partial charge in [0.2, 0.25) is 0 Å². The van der Waals surface area contributed by atoms with Crippen molar-refractivity contribution in [2.75, 3.05) is 20.1 Å².